The van der Waals surface area contributed by atoms with Gasteiger partial charge >= 0.3 is 6.01 Å². The summed E-state index contributed by atoms with van der Waals surface area (Å²) in [6.45, 7) is 10.6. The Balaban J connectivity index is 1.74. The summed E-state index contributed by atoms with van der Waals surface area (Å²) in [5.41, 5.74) is 2.62. The van der Waals surface area contributed by atoms with Crippen LogP contribution in [0.15, 0.2) is 0 Å². The number of hydrogen-bond donors (Lipinski definition) is 0. The highest BCUT2D eigenvalue weighted by molar-refractivity contribution is 7.99. The number of fused-ring (bicyclic) bond motifs is 1. The Morgan fingerprint density at radius 1 is 1.00 bits per heavy atom. The molecule has 1 saturated heterocycles. The van der Waals surface area contributed by atoms with Gasteiger partial charge in [0.2, 0.25) is 0 Å². The molecule has 1 fully saturated rings. The molecule has 1 aromatic heterocycles. The molecule has 27 heavy (non-hydrogen) atoms. The van der Waals surface area contributed by atoms with Gasteiger partial charge in [0.05, 0.1) is 5.69 Å². The van der Waals surface area contributed by atoms with Crippen molar-refractivity contribution in [2.45, 2.75) is 58.8 Å². The molecule has 1 aromatic rings. The maximum Gasteiger partial charge on any atom is 0.318 e. The van der Waals surface area contributed by atoms with Gasteiger partial charge in [-0.3, -0.25) is 4.90 Å². The zero-order valence-electron chi connectivity index (χ0n) is 17.2. The molecule has 5 nitrogen and oxygen atoms in total. The zero-order chi connectivity index (χ0) is 18.9. The van der Waals surface area contributed by atoms with Gasteiger partial charge in [0.25, 0.3) is 0 Å². The summed E-state index contributed by atoms with van der Waals surface area (Å²) in [6, 6.07) is 0.592. The normalized spacial score (nSPS) is 18.0. The number of aromatic nitrogens is 2. The molecule has 0 atom stereocenters. The molecule has 152 valence electrons. The molecular formula is C21H36N4OS. The summed E-state index contributed by atoms with van der Waals surface area (Å²) in [5, 5.41) is 0. The number of hydrogen-bond acceptors (Lipinski definition) is 6. The quantitative estimate of drug-likeness (QED) is 0.596. The van der Waals surface area contributed by atoms with Gasteiger partial charge in [-0.25, -0.2) is 0 Å². The summed E-state index contributed by atoms with van der Waals surface area (Å²) >= 11 is 2.05. The van der Waals surface area contributed by atoms with Gasteiger partial charge in [-0.05, 0) is 38.5 Å². The van der Waals surface area contributed by atoms with E-state index in [-0.39, 0.29) is 0 Å². The first-order chi connectivity index (χ1) is 13.3. The van der Waals surface area contributed by atoms with Crippen LogP contribution in [0.25, 0.3) is 0 Å². The van der Waals surface area contributed by atoms with E-state index in [2.05, 4.69) is 23.6 Å². The fourth-order valence-electron chi connectivity index (χ4n) is 4.01. The Labute approximate surface area is 169 Å². The Morgan fingerprint density at radius 2 is 1.74 bits per heavy atom. The monoisotopic (exact) mass is 392 g/mol. The van der Waals surface area contributed by atoms with E-state index in [1.807, 2.05) is 11.8 Å². The summed E-state index contributed by atoms with van der Waals surface area (Å²) < 4.78 is 6.07. The van der Waals surface area contributed by atoms with E-state index in [4.69, 9.17) is 14.7 Å². The number of rotatable bonds is 9. The second-order valence-corrected chi connectivity index (χ2v) is 8.83. The second-order valence-electron chi connectivity index (χ2n) is 7.61. The number of aryl methyl sites for hydroxylation is 1. The second kappa shape index (κ2) is 11.1. The lowest BCUT2D eigenvalue weighted by Crippen LogP contribution is -2.35. The highest BCUT2D eigenvalue weighted by Crippen LogP contribution is 2.29. The molecule has 6 heteroatoms. The minimum absolute atomic E-state index is 0.592. The van der Waals surface area contributed by atoms with Crippen LogP contribution in [-0.4, -0.2) is 65.7 Å². The van der Waals surface area contributed by atoms with E-state index in [0.29, 0.717) is 12.6 Å². The number of thioether (sulfide) groups is 1. The van der Waals surface area contributed by atoms with Crippen LogP contribution >= 0.6 is 11.8 Å². The number of anilines is 1. The maximum absolute atomic E-state index is 6.07. The van der Waals surface area contributed by atoms with Crippen molar-refractivity contribution in [3.05, 3.63) is 11.3 Å². The fraction of sp³-hybridized carbons (Fsp3) is 0.810. The summed E-state index contributed by atoms with van der Waals surface area (Å²) in [6.07, 6.45) is 8.24. The number of ether oxygens (including phenoxy) is 1. The van der Waals surface area contributed by atoms with Crippen LogP contribution in [0.4, 0.5) is 5.82 Å². The SMILES string of the molecule is CCCN(CCC)c1nc(OCCN2CCSCC2)nc2c1CCCCC2. The van der Waals surface area contributed by atoms with Gasteiger partial charge in [0, 0.05) is 49.8 Å². The van der Waals surface area contributed by atoms with Gasteiger partial charge in [0.1, 0.15) is 12.4 Å². The van der Waals surface area contributed by atoms with E-state index in [0.717, 1.165) is 51.1 Å². The van der Waals surface area contributed by atoms with E-state index in [9.17, 15) is 0 Å². The third kappa shape index (κ3) is 5.98. The average Bonchev–Trinajstić information content (AvgIpc) is 2.93. The first-order valence-corrected chi connectivity index (χ1v) is 12.0. The topological polar surface area (TPSA) is 41.5 Å². The van der Waals surface area contributed by atoms with Gasteiger partial charge in [-0.1, -0.05) is 20.3 Å². The van der Waals surface area contributed by atoms with Gasteiger partial charge in [-0.2, -0.15) is 21.7 Å². The molecule has 0 saturated carbocycles. The maximum atomic E-state index is 6.07. The minimum Gasteiger partial charge on any atom is -0.462 e. The summed E-state index contributed by atoms with van der Waals surface area (Å²) in [7, 11) is 0. The molecule has 1 aliphatic heterocycles. The number of nitrogens with zero attached hydrogens (tertiary/aromatic N) is 4. The molecule has 0 radical (unpaired) electrons. The van der Waals surface area contributed by atoms with Crippen molar-refractivity contribution < 1.29 is 4.74 Å². The predicted molar refractivity (Wildman–Crippen MR) is 115 cm³/mol. The van der Waals surface area contributed by atoms with E-state index < -0.39 is 0 Å². The molecule has 2 heterocycles. The lowest BCUT2D eigenvalue weighted by atomic mass is 10.1. The van der Waals surface area contributed by atoms with Gasteiger partial charge in [-0.15, -0.1) is 0 Å². The van der Waals surface area contributed by atoms with Crippen LogP contribution in [0.3, 0.4) is 0 Å². The molecule has 2 aliphatic rings. The average molecular weight is 393 g/mol. The van der Waals surface area contributed by atoms with Crippen molar-refractivity contribution in [2.75, 3.05) is 55.7 Å². The molecule has 1 aliphatic carbocycles. The van der Waals surface area contributed by atoms with Crippen LogP contribution in [0.2, 0.25) is 0 Å². The molecule has 0 amide bonds. The zero-order valence-corrected chi connectivity index (χ0v) is 18.0. The highest BCUT2D eigenvalue weighted by atomic mass is 32.2. The Bertz CT molecular complexity index is 572. The summed E-state index contributed by atoms with van der Waals surface area (Å²) in [5.74, 6) is 3.63. The first-order valence-electron chi connectivity index (χ1n) is 10.9. The molecule has 0 aromatic carbocycles. The van der Waals surface area contributed by atoms with E-state index >= 15 is 0 Å². The van der Waals surface area contributed by atoms with Crippen LogP contribution in [-0.2, 0) is 12.8 Å². The van der Waals surface area contributed by atoms with Crippen molar-refractivity contribution in [3.63, 3.8) is 0 Å². The predicted octanol–water partition coefficient (Wildman–Crippen LogP) is 3.80. The third-order valence-corrected chi connectivity index (χ3v) is 6.36. The highest BCUT2D eigenvalue weighted by Gasteiger charge is 2.21. The molecular weight excluding hydrogens is 356 g/mol. The standard InChI is InChI=1S/C21H36N4OS/c1-3-10-25(11-4-2)20-18-8-6-5-7-9-19(18)22-21(23-20)26-15-12-24-13-16-27-17-14-24/h3-17H2,1-2H3. The molecule has 0 spiro atoms. The Morgan fingerprint density at radius 3 is 2.48 bits per heavy atom. The van der Waals surface area contributed by atoms with Crippen molar-refractivity contribution in [3.8, 4) is 6.01 Å². The van der Waals surface area contributed by atoms with E-state index in [1.165, 1.54) is 55.1 Å². The Kier molecular flexibility index (Phi) is 8.52. The molecule has 0 N–H and O–H groups in total. The van der Waals surface area contributed by atoms with Gasteiger partial charge < -0.3 is 9.64 Å². The molecule has 0 bridgehead atoms. The van der Waals surface area contributed by atoms with Crippen molar-refractivity contribution >= 4 is 17.6 Å². The van der Waals surface area contributed by atoms with Crippen molar-refractivity contribution in [1.82, 2.24) is 14.9 Å². The Hall–Kier alpha value is -1.01. The van der Waals surface area contributed by atoms with Crippen molar-refractivity contribution in [2.24, 2.45) is 0 Å². The minimum atomic E-state index is 0.592. The van der Waals surface area contributed by atoms with Crippen LogP contribution < -0.4 is 9.64 Å². The van der Waals surface area contributed by atoms with Crippen LogP contribution in [0.1, 0.15) is 57.2 Å². The van der Waals surface area contributed by atoms with E-state index in [1.54, 1.807) is 0 Å². The lowest BCUT2D eigenvalue weighted by molar-refractivity contribution is 0.211. The molecule has 3 rings (SSSR count). The van der Waals surface area contributed by atoms with Crippen LogP contribution in [0.5, 0.6) is 6.01 Å². The smallest absolute Gasteiger partial charge is 0.318 e. The third-order valence-electron chi connectivity index (χ3n) is 5.42. The first kappa shape index (κ1) is 20.7. The van der Waals surface area contributed by atoms with Crippen molar-refractivity contribution in [1.29, 1.82) is 0 Å². The summed E-state index contributed by atoms with van der Waals surface area (Å²) in [4.78, 5) is 14.7. The molecule has 0 unspecified atom stereocenters. The largest absolute Gasteiger partial charge is 0.462 e. The van der Waals surface area contributed by atoms with Crippen LogP contribution in [0, 0.1) is 0 Å². The lowest BCUT2D eigenvalue weighted by Gasteiger charge is -2.27. The fourth-order valence-corrected chi connectivity index (χ4v) is 4.99. The van der Waals surface area contributed by atoms with Gasteiger partial charge in [0.15, 0.2) is 0 Å².